The van der Waals surface area contributed by atoms with Crippen molar-refractivity contribution < 1.29 is 9.59 Å². The Morgan fingerprint density at radius 2 is 1.90 bits per heavy atom. The minimum absolute atomic E-state index is 0.192. The number of amides is 2. The molecule has 0 aliphatic heterocycles. The highest BCUT2D eigenvalue weighted by Crippen LogP contribution is 2.18. The Balaban J connectivity index is 2.21. The summed E-state index contributed by atoms with van der Waals surface area (Å²) in [5.74, 6) is -0.589. The van der Waals surface area contributed by atoms with Gasteiger partial charge in [-0.3, -0.25) is 19.7 Å². The Morgan fingerprint density at radius 1 is 1.20 bits per heavy atom. The maximum absolute atomic E-state index is 12.2. The van der Waals surface area contributed by atoms with Crippen molar-refractivity contribution in [3.05, 3.63) is 53.3 Å². The van der Waals surface area contributed by atoms with Crippen LogP contribution in [0.5, 0.6) is 0 Å². The zero-order valence-corrected chi connectivity index (χ0v) is 11.6. The zero-order valence-electron chi connectivity index (χ0n) is 10.9. The summed E-state index contributed by atoms with van der Waals surface area (Å²) in [5.41, 5.74) is 3.43. The molecule has 2 aromatic rings. The van der Waals surface area contributed by atoms with Crippen molar-refractivity contribution >= 4 is 29.1 Å². The second kappa shape index (κ2) is 6.25. The molecule has 1 heterocycles. The number of carbonyl (C=O) groups excluding carboxylic acids is 2. The van der Waals surface area contributed by atoms with E-state index in [0.717, 1.165) is 0 Å². The second-order valence-electron chi connectivity index (χ2n) is 4.09. The van der Waals surface area contributed by atoms with E-state index in [4.69, 9.17) is 11.6 Å². The molecule has 2 amide bonds. The van der Waals surface area contributed by atoms with Gasteiger partial charge in [0.1, 0.15) is 5.69 Å². The Kier molecular flexibility index (Phi) is 4.42. The zero-order chi connectivity index (χ0) is 14.5. The van der Waals surface area contributed by atoms with Gasteiger partial charge in [0.25, 0.3) is 5.91 Å². The van der Waals surface area contributed by atoms with Crippen molar-refractivity contribution in [2.75, 3.05) is 10.7 Å². The van der Waals surface area contributed by atoms with Gasteiger partial charge >= 0.3 is 0 Å². The van der Waals surface area contributed by atoms with Crippen LogP contribution in [0.3, 0.4) is 0 Å². The first kappa shape index (κ1) is 14.1. The number of aromatic nitrogens is 1. The Morgan fingerprint density at radius 3 is 2.55 bits per heavy atom. The third-order valence-corrected chi connectivity index (χ3v) is 2.96. The van der Waals surface area contributed by atoms with Crippen LogP contribution >= 0.6 is 11.6 Å². The van der Waals surface area contributed by atoms with Gasteiger partial charge < -0.3 is 5.32 Å². The average Bonchev–Trinajstić information content (AvgIpc) is 2.80. The summed E-state index contributed by atoms with van der Waals surface area (Å²) >= 11 is 6.00. The topological polar surface area (TPSA) is 63.1 Å². The molecule has 0 aliphatic rings. The molecule has 0 saturated heterocycles. The van der Waals surface area contributed by atoms with Crippen LogP contribution in [0.2, 0.25) is 5.02 Å². The van der Waals surface area contributed by atoms with Crippen LogP contribution in [0, 0.1) is 0 Å². The van der Waals surface area contributed by atoms with Gasteiger partial charge in [-0.15, -0.1) is 0 Å². The third kappa shape index (κ3) is 3.19. The fraction of sp³-hybridized carbons (Fsp3) is 0.143. The van der Waals surface area contributed by atoms with E-state index in [9.17, 15) is 9.59 Å². The lowest BCUT2D eigenvalue weighted by Gasteiger charge is -2.11. The molecule has 2 rings (SSSR count). The second-order valence-corrected chi connectivity index (χ2v) is 4.50. The summed E-state index contributed by atoms with van der Waals surface area (Å²) < 4.78 is 1.33. The lowest BCUT2D eigenvalue weighted by atomic mass is 10.3. The third-order valence-electron chi connectivity index (χ3n) is 2.65. The van der Waals surface area contributed by atoms with E-state index in [1.54, 1.807) is 25.1 Å². The quantitative estimate of drug-likeness (QED) is 0.910. The van der Waals surface area contributed by atoms with Crippen molar-refractivity contribution in [1.82, 2.24) is 4.68 Å². The molecule has 0 radical (unpaired) electrons. The first-order chi connectivity index (χ1) is 9.61. The van der Waals surface area contributed by atoms with Crippen molar-refractivity contribution in [1.29, 1.82) is 0 Å². The minimum atomic E-state index is -0.386. The van der Waals surface area contributed by atoms with Crippen LogP contribution in [0.15, 0.2) is 42.6 Å². The first-order valence-electron chi connectivity index (χ1n) is 6.15. The van der Waals surface area contributed by atoms with Crippen molar-refractivity contribution in [2.45, 2.75) is 13.3 Å². The van der Waals surface area contributed by atoms with E-state index in [-0.39, 0.29) is 22.5 Å². The minimum Gasteiger partial charge on any atom is -0.321 e. The molecule has 0 aliphatic carbocycles. The number of nitrogens with one attached hydrogen (secondary N) is 2. The molecule has 6 heteroatoms. The fourth-order valence-electron chi connectivity index (χ4n) is 1.64. The molecule has 0 fully saturated rings. The van der Waals surface area contributed by atoms with Crippen molar-refractivity contribution in [3.63, 3.8) is 0 Å². The van der Waals surface area contributed by atoms with Crippen LogP contribution in [0.25, 0.3) is 0 Å². The van der Waals surface area contributed by atoms with E-state index < -0.39 is 0 Å². The smallest absolute Gasteiger partial charge is 0.275 e. The maximum Gasteiger partial charge on any atom is 0.275 e. The van der Waals surface area contributed by atoms with E-state index in [1.807, 2.05) is 18.2 Å². The summed E-state index contributed by atoms with van der Waals surface area (Å²) in [7, 11) is 0. The molecule has 0 spiro atoms. The number of hydrogen-bond acceptors (Lipinski definition) is 2. The van der Waals surface area contributed by atoms with Gasteiger partial charge in [-0.05, 0) is 18.2 Å². The van der Waals surface area contributed by atoms with Gasteiger partial charge in [0.15, 0.2) is 0 Å². The van der Waals surface area contributed by atoms with Gasteiger partial charge in [-0.1, -0.05) is 36.7 Å². The van der Waals surface area contributed by atoms with Crippen LogP contribution in [0.1, 0.15) is 23.8 Å². The van der Waals surface area contributed by atoms with E-state index in [1.165, 1.54) is 10.9 Å². The standard InChI is InChI=1S/C14H14ClN3O2/c1-2-12(19)17-18-9-8-11(15)13(18)14(20)16-10-6-4-3-5-7-10/h3-9H,2H2,1H3,(H,16,20)(H,17,19). The number of rotatable bonds is 4. The van der Waals surface area contributed by atoms with Gasteiger partial charge in [0, 0.05) is 18.3 Å². The summed E-state index contributed by atoms with van der Waals surface area (Å²) in [6, 6.07) is 10.6. The number of benzene rings is 1. The van der Waals surface area contributed by atoms with E-state index in [2.05, 4.69) is 10.7 Å². The van der Waals surface area contributed by atoms with Gasteiger partial charge in [-0.2, -0.15) is 0 Å². The van der Waals surface area contributed by atoms with Crippen LogP contribution in [-0.2, 0) is 4.79 Å². The number of nitrogens with zero attached hydrogens (tertiary/aromatic N) is 1. The highest BCUT2D eigenvalue weighted by Gasteiger charge is 2.17. The Hall–Kier alpha value is -2.27. The lowest BCUT2D eigenvalue weighted by Crippen LogP contribution is -2.27. The van der Waals surface area contributed by atoms with Crippen molar-refractivity contribution in [3.8, 4) is 0 Å². The molecule has 0 unspecified atom stereocenters. The van der Waals surface area contributed by atoms with Gasteiger partial charge in [0.05, 0.1) is 5.02 Å². The highest BCUT2D eigenvalue weighted by atomic mass is 35.5. The summed E-state index contributed by atoms with van der Waals surface area (Å²) in [6.45, 7) is 1.73. The molecule has 5 nitrogen and oxygen atoms in total. The monoisotopic (exact) mass is 291 g/mol. The number of halogens is 1. The largest absolute Gasteiger partial charge is 0.321 e. The number of carbonyl (C=O) groups is 2. The molecule has 0 atom stereocenters. The molecular weight excluding hydrogens is 278 g/mol. The van der Waals surface area contributed by atoms with Crippen molar-refractivity contribution in [2.24, 2.45) is 0 Å². The SMILES string of the molecule is CCC(=O)Nn1ccc(Cl)c1C(=O)Nc1ccccc1. The van der Waals surface area contributed by atoms with E-state index >= 15 is 0 Å². The molecular formula is C14H14ClN3O2. The number of para-hydroxylation sites is 1. The molecule has 2 N–H and O–H groups in total. The molecule has 104 valence electrons. The van der Waals surface area contributed by atoms with Gasteiger partial charge in [-0.25, -0.2) is 0 Å². The summed E-state index contributed by atoms with van der Waals surface area (Å²) in [5, 5.41) is 2.99. The highest BCUT2D eigenvalue weighted by molar-refractivity contribution is 6.34. The number of anilines is 1. The molecule has 1 aromatic carbocycles. The molecule has 0 saturated carbocycles. The van der Waals surface area contributed by atoms with Gasteiger partial charge in [0.2, 0.25) is 5.91 Å². The Bertz CT molecular complexity index is 623. The normalized spacial score (nSPS) is 10.1. The molecule has 0 bridgehead atoms. The predicted octanol–water partition coefficient (Wildman–Crippen LogP) is 2.87. The molecule has 20 heavy (non-hydrogen) atoms. The maximum atomic E-state index is 12.2. The lowest BCUT2D eigenvalue weighted by molar-refractivity contribution is -0.116. The first-order valence-corrected chi connectivity index (χ1v) is 6.52. The summed E-state index contributed by atoms with van der Waals surface area (Å²) in [4.78, 5) is 23.6. The molecule has 1 aromatic heterocycles. The number of hydrogen-bond donors (Lipinski definition) is 2. The van der Waals surface area contributed by atoms with Crippen LogP contribution in [0.4, 0.5) is 5.69 Å². The van der Waals surface area contributed by atoms with Crippen LogP contribution in [-0.4, -0.2) is 16.5 Å². The predicted molar refractivity (Wildman–Crippen MR) is 78.5 cm³/mol. The van der Waals surface area contributed by atoms with Crippen LogP contribution < -0.4 is 10.7 Å². The Labute approximate surface area is 121 Å². The summed E-state index contributed by atoms with van der Waals surface area (Å²) in [6.07, 6.45) is 1.85. The average molecular weight is 292 g/mol. The van der Waals surface area contributed by atoms with E-state index in [0.29, 0.717) is 12.1 Å². The fourth-order valence-corrected chi connectivity index (χ4v) is 1.88.